The average molecular weight is 405 g/mol. The quantitative estimate of drug-likeness (QED) is 0.581. The number of carbonyl (C=O) groups is 1. The summed E-state index contributed by atoms with van der Waals surface area (Å²) in [6.07, 6.45) is 8.85. The van der Waals surface area contributed by atoms with Crippen molar-refractivity contribution >= 4 is 11.7 Å². The normalized spacial score (nSPS) is 15.3. The Kier molecular flexibility index (Phi) is 8.28. The minimum atomic E-state index is -0.519. The summed E-state index contributed by atoms with van der Waals surface area (Å²) in [5.74, 6) is -0.246. The van der Waals surface area contributed by atoms with E-state index < -0.39 is 6.04 Å². The second-order valence-electron chi connectivity index (χ2n) is 7.52. The molecular weight excluding hydrogens is 372 g/mol. The molecule has 0 spiro atoms. The monoisotopic (exact) mass is 404 g/mol. The molecule has 0 aliphatic heterocycles. The number of hydrogen-bond acceptors (Lipinski definition) is 4. The van der Waals surface area contributed by atoms with Crippen molar-refractivity contribution < 1.29 is 9.53 Å². The van der Waals surface area contributed by atoms with E-state index in [-0.39, 0.29) is 5.97 Å². The van der Waals surface area contributed by atoms with Crippen molar-refractivity contribution in [2.45, 2.75) is 45.2 Å². The van der Waals surface area contributed by atoms with Crippen LogP contribution in [0, 0.1) is 0 Å². The number of nitrogens with zero attached hydrogens (tertiary/aromatic N) is 1. The van der Waals surface area contributed by atoms with Crippen molar-refractivity contribution in [1.29, 1.82) is 0 Å². The van der Waals surface area contributed by atoms with Crippen molar-refractivity contribution in [2.24, 2.45) is 0 Å². The SMILES string of the molecule is CCOC(=O)C(/C=C(/C1=CCCCC1)N(C)c1ccccc1)NCc1ccccc1. The number of ether oxygens (including phenoxy) is 1. The number of para-hydroxylation sites is 1. The first-order valence-corrected chi connectivity index (χ1v) is 10.8. The van der Waals surface area contributed by atoms with Gasteiger partial charge in [-0.15, -0.1) is 0 Å². The summed E-state index contributed by atoms with van der Waals surface area (Å²) in [4.78, 5) is 14.9. The summed E-state index contributed by atoms with van der Waals surface area (Å²) < 4.78 is 5.38. The van der Waals surface area contributed by atoms with Crippen LogP contribution in [-0.4, -0.2) is 25.7 Å². The van der Waals surface area contributed by atoms with Gasteiger partial charge in [0.2, 0.25) is 0 Å². The zero-order valence-electron chi connectivity index (χ0n) is 18.0. The van der Waals surface area contributed by atoms with Crippen LogP contribution >= 0.6 is 0 Å². The number of anilines is 1. The Hall–Kier alpha value is -2.85. The van der Waals surface area contributed by atoms with Crippen LogP contribution in [0.15, 0.2) is 84.1 Å². The summed E-state index contributed by atoms with van der Waals surface area (Å²) in [7, 11) is 2.07. The molecule has 0 fully saturated rings. The van der Waals surface area contributed by atoms with E-state index >= 15 is 0 Å². The van der Waals surface area contributed by atoms with Crippen molar-refractivity contribution in [3.8, 4) is 0 Å². The highest BCUT2D eigenvalue weighted by atomic mass is 16.5. The maximum Gasteiger partial charge on any atom is 0.327 e. The zero-order valence-corrected chi connectivity index (χ0v) is 18.0. The molecule has 1 aliphatic rings. The van der Waals surface area contributed by atoms with Crippen LogP contribution in [0.2, 0.25) is 0 Å². The number of allylic oxidation sites excluding steroid dienone is 2. The fraction of sp³-hybridized carbons (Fsp3) is 0.346. The van der Waals surface area contributed by atoms with Crippen LogP contribution in [0.5, 0.6) is 0 Å². The first kappa shape index (κ1) is 21.8. The molecule has 0 saturated heterocycles. The minimum Gasteiger partial charge on any atom is -0.465 e. The maximum absolute atomic E-state index is 12.8. The molecule has 0 aromatic heterocycles. The van der Waals surface area contributed by atoms with Gasteiger partial charge in [0.15, 0.2) is 0 Å². The largest absolute Gasteiger partial charge is 0.465 e. The van der Waals surface area contributed by atoms with Crippen LogP contribution in [-0.2, 0) is 16.1 Å². The first-order chi connectivity index (χ1) is 14.7. The molecule has 2 aromatic rings. The summed E-state index contributed by atoms with van der Waals surface area (Å²) in [5.41, 5.74) is 4.60. The summed E-state index contributed by atoms with van der Waals surface area (Å²) in [5, 5.41) is 3.39. The maximum atomic E-state index is 12.8. The first-order valence-electron chi connectivity index (χ1n) is 10.8. The Balaban J connectivity index is 1.91. The number of esters is 1. The molecule has 158 valence electrons. The molecule has 30 heavy (non-hydrogen) atoms. The number of hydrogen-bond donors (Lipinski definition) is 1. The van der Waals surface area contributed by atoms with Gasteiger partial charge < -0.3 is 9.64 Å². The lowest BCUT2D eigenvalue weighted by Crippen LogP contribution is -2.37. The van der Waals surface area contributed by atoms with Crippen LogP contribution in [0.1, 0.15) is 38.2 Å². The molecule has 2 aromatic carbocycles. The summed E-state index contributed by atoms with van der Waals surface area (Å²) in [6.45, 7) is 2.81. The van der Waals surface area contributed by atoms with Gasteiger partial charge in [-0.3, -0.25) is 10.1 Å². The van der Waals surface area contributed by atoms with E-state index in [1.165, 1.54) is 18.4 Å². The van der Waals surface area contributed by atoms with Crippen molar-refractivity contribution in [3.05, 3.63) is 89.6 Å². The number of benzene rings is 2. The van der Waals surface area contributed by atoms with E-state index in [2.05, 4.69) is 47.6 Å². The fourth-order valence-corrected chi connectivity index (χ4v) is 3.72. The summed E-state index contributed by atoms with van der Waals surface area (Å²) >= 11 is 0. The minimum absolute atomic E-state index is 0.246. The number of likely N-dealkylation sites (N-methyl/N-ethyl adjacent to an activating group) is 1. The number of carbonyl (C=O) groups excluding carboxylic acids is 1. The lowest BCUT2D eigenvalue weighted by atomic mass is 9.95. The van der Waals surface area contributed by atoms with Gasteiger partial charge in [0.05, 0.1) is 6.61 Å². The van der Waals surface area contributed by atoms with Crippen LogP contribution in [0.4, 0.5) is 5.69 Å². The van der Waals surface area contributed by atoms with Crippen molar-refractivity contribution in [3.63, 3.8) is 0 Å². The second kappa shape index (κ2) is 11.4. The van der Waals surface area contributed by atoms with Crippen molar-refractivity contribution in [2.75, 3.05) is 18.6 Å². The van der Waals surface area contributed by atoms with E-state index in [0.717, 1.165) is 29.8 Å². The Morgan fingerprint density at radius 3 is 2.43 bits per heavy atom. The van der Waals surface area contributed by atoms with Gasteiger partial charge in [0.1, 0.15) is 6.04 Å². The van der Waals surface area contributed by atoms with Gasteiger partial charge in [-0.1, -0.05) is 54.6 Å². The molecule has 1 aliphatic carbocycles. The molecule has 0 heterocycles. The molecule has 1 atom stereocenters. The third-order valence-corrected chi connectivity index (χ3v) is 5.36. The standard InChI is InChI=1S/C26H32N2O2/c1-3-30-26(29)24(27-20-21-13-7-4-8-14-21)19-25(22-15-9-5-10-16-22)28(2)23-17-11-6-12-18-23/h4,6-8,11-15,17-19,24,27H,3,5,9-10,16,20H2,1-2H3/b25-19-. The summed E-state index contributed by atoms with van der Waals surface area (Å²) in [6, 6.07) is 19.9. The molecule has 3 rings (SSSR count). The molecule has 0 bridgehead atoms. The van der Waals surface area contributed by atoms with Gasteiger partial charge in [-0.2, -0.15) is 0 Å². The molecule has 1 unspecified atom stereocenters. The van der Waals surface area contributed by atoms with Gasteiger partial charge in [0.25, 0.3) is 0 Å². The highest BCUT2D eigenvalue weighted by Gasteiger charge is 2.22. The molecule has 4 nitrogen and oxygen atoms in total. The topological polar surface area (TPSA) is 41.6 Å². The lowest BCUT2D eigenvalue weighted by Gasteiger charge is -2.28. The second-order valence-corrected chi connectivity index (χ2v) is 7.52. The molecule has 0 saturated carbocycles. The predicted molar refractivity (Wildman–Crippen MR) is 123 cm³/mol. The number of rotatable bonds is 9. The van der Waals surface area contributed by atoms with Crippen LogP contribution < -0.4 is 10.2 Å². The molecule has 4 heteroatoms. The Morgan fingerprint density at radius 2 is 1.80 bits per heavy atom. The van der Waals surface area contributed by atoms with Crippen LogP contribution in [0.25, 0.3) is 0 Å². The fourth-order valence-electron chi connectivity index (χ4n) is 3.72. The van der Waals surface area contributed by atoms with E-state index in [9.17, 15) is 4.79 Å². The molecule has 0 radical (unpaired) electrons. The average Bonchev–Trinajstić information content (AvgIpc) is 2.81. The van der Waals surface area contributed by atoms with Crippen molar-refractivity contribution in [1.82, 2.24) is 5.32 Å². The van der Waals surface area contributed by atoms with Gasteiger partial charge in [-0.05, 0) is 62.0 Å². The Morgan fingerprint density at radius 1 is 1.10 bits per heavy atom. The van der Waals surface area contributed by atoms with Gasteiger partial charge in [-0.25, -0.2) is 0 Å². The van der Waals surface area contributed by atoms with E-state index in [1.807, 2.05) is 49.4 Å². The third-order valence-electron chi connectivity index (χ3n) is 5.36. The molecule has 1 N–H and O–H groups in total. The highest BCUT2D eigenvalue weighted by molar-refractivity contribution is 5.79. The Bertz CT molecular complexity index is 859. The van der Waals surface area contributed by atoms with E-state index in [1.54, 1.807) is 0 Å². The highest BCUT2D eigenvalue weighted by Crippen LogP contribution is 2.29. The predicted octanol–water partition coefficient (Wildman–Crippen LogP) is 5.23. The lowest BCUT2D eigenvalue weighted by molar-refractivity contribution is -0.144. The smallest absolute Gasteiger partial charge is 0.327 e. The van der Waals surface area contributed by atoms with E-state index in [0.29, 0.717) is 13.2 Å². The van der Waals surface area contributed by atoms with Crippen LogP contribution in [0.3, 0.4) is 0 Å². The molecular formula is C26H32N2O2. The molecule has 0 amide bonds. The van der Waals surface area contributed by atoms with Gasteiger partial charge >= 0.3 is 5.97 Å². The van der Waals surface area contributed by atoms with E-state index in [4.69, 9.17) is 4.74 Å². The third kappa shape index (κ3) is 6.07. The zero-order chi connectivity index (χ0) is 21.2. The van der Waals surface area contributed by atoms with Gasteiger partial charge in [0, 0.05) is 25.0 Å². The Labute approximate surface area is 180 Å². The number of nitrogens with one attached hydrogen (secondary N) is 1.